The van der Waals surface area contributed by atoms with Crippen LogP contribution in [0.1, 0.15) is 23.4 Å². The van der Waals surface area contributed by atoms with Crippen molar-refractivity contribution in [3.63, 3.8) is 0 Å². The number of hydrogen-bond acceptors (Lipinski definition) is 1. The summed E-state index contributed by atoms with van der Waals surface area (Å²) in [6.07, 6.45) is 0.664. The predicted molar refractivity (Wildman–Crippen MR) is 89.1 cm³/mol. The van der Waals surface area contributed by atoms with Crippen molar-refractivity contribution >= 4 is 39.1 Å². The molecule has 0 bridgehead atoms. The maximum absolute atomic E-state index is 6.57. The van der Waals surface area contributed by atoms with Crippen LogP contribution in [0, 0.1) is 0 Å². The number of hydrogen-bond donors (Lipinski definition) is 0. The zero-order valence-electron chi connectivity index (χ0n) is 11.1. The van der Waals surface area contributed by atoms with Gasteiger partial charge < -0.3 is 4.74 Å². The lowest BCUT2D eigenvalue weighted by atomic mass is 10.0. The molecule has 0 heterocycles. The van der Waals surface area contributed by atoms with Gasteiger partial charge in [-0.3, -0.25) is 0 Å². The molecule has 1 nitrogen and oxygen atoms in total. The van der Waals surface area contributed by atoms with Gasteiger partial charge in [-0.25, -0.2) is 0 Å². The van der Waals surface area contributed by atoms with Crippen LogP contribution < -0.4 is 4.74 Å². The number of ether oxygens (including phenoxy) is 1. The molecule has 2 aromatic carbocycles. The van der Waals surface area contributed by atoms with Crippen molar-refractivity contribution < 1.29 is 4.74 Å². The van der Waals surface area contributed by atoms with Gasteiger partial charge in [-0.2, -0.15) is 0 Å². The minimum absolute atomic E-state index is 0.186. The average Bonchev–Trinajstić information content (AvgIpc) is 2.43. The second kappa shape index (κ2) is 7.35. The van der Waals surface area contributed by atoms with Gasteiger partial charge in [-0.15, -0.1) is 11.6 Å². The Labute approximate surface area is 138 Å². The molecule has 106 valence electrons. The fraction of sp³-hybridized carbons (Fsp3) is 0.250. The molecule has 0 saturated carbocycles. The zero-order chi connectivity index (χ0) is 14.5. The maximum Gasteiger partial charge on any atom is 0.124 e. The van der Waals surface area contributed by atoms with E-state index in [9.17, 15) is 0 Å². The first-order valence-corrected chi connectivity index (χ1v) is 8.02. The molecule has 0 spiro atoms. The molecule has 0 saturated heterocycles. The standard InChI is InChI=1S/C16H15BrCl2O/c1-2-20-16-8-7-12(17)10-13(16)15(19)9-11-5-3-4-6-14(11)18/h3-8,10,15H,2,9H2,1H3. The second-order valence-electron chi connectivity index (χ2n) is 4.38. The van der Waals surface area contributed by atoms with E-state index in [-0.39, 0.29) is 5.38 Å². The van der Waals surface area contributed by atoms with E-state index in [1.165, 1.54) is 0 Å². The van der Waals surface area contributed by atoms with Gasteiger partial charge in [0, 0.05) is 15.1 Å². The van der Waals surface area contributed by atoms with E-state index < -0.39 is 0 Å². The highest BCUT2D eigenvalue weighted by molar-refractivity contribution is 9.10. The molecule has 0 N–H and O–H groups in total. The van der Waals surface area contributed by atoms with Crippen LogP contribution in [0.25, 0.3) is 0 Å². The van der Waals surface area contributed by atoms with Gasteiger partial charge in [0.15, 0.2) is 0 Å². The molecule has 4 heteroatoms. The number of benzene rings is 2. The van der Waals surface area contributed by atoms with Crippen molar-refractivity contribution in [1.82, 2.24) is 0 Å². The Bertz CT molecular complexity index is 586. The molecule has 2 aromatic rings. The molecule has 0 aromatic heterocycles. The number of alkyl halides is 1. The maximum atomic E-state index is 6.57. The molecule has 20 heavy (non-hydrogen) atoms. The van der Waals surface area contributed by atoms with Crippen molar-refractivity contribution in [2.24, 2.45) is 0 Å². The minimum atomic E-state index is -0.186. The van der Waals surface area contributed by atoms with Crippen LogP contribution in [0.4, 0.5) is 0 Å². The third-order valence-corrected chi connectivity index (χ3v) is 4.22. The van der Waals surface area contributed by atoms with E-state index in [2.05, 4.69) is 15.9 Å². The highest BCUT2D eigenvalue weighted by Crippen LogP contribution is 2.35. The van der Waals surface area contributed by atoms with Gasteiger partial charge in [-0.05, 0) is 43.2 Å². The lowest BCUT2D eigenvalue weighted by Gasteiger charge is -2.16. The summed E-state index contributed by atoms with van der Waals surface area (Å²) in [6.45, 7) is 2.58. The van der Waals surface area contributed by atoms with Crippen molar-refractivity contribution in [1.29, 1.82) is 0 Å². The van der Waals surface area contributed by atoms with E-state index in [4.69, 9.17) is 27.9 Å². The molecular formula is C16H15BrCl2O. The normalized spacial score (nSPS) is 12.2. The van der Waals surface area contributed by atoms with Crippen LogP contribution >= 0.6 is 39.1 Å². The minimum Gasteiger partial charge on any atom is -0.494 e. The monoisotopic (exact) mass is 372 g/mol. The van der Waals surface area contributed by atoms with Crippen molar-refractivity contribution in [2.45, 2.75) is 18.7 Å². The summed E-state index contributed by atoms with van der Waals surface area (Å²) in [4.78, 5) is 0. The lowest BCUT2D eigenvalue weighted by molar-refractivity contribution is 0.336. The summed E-state index contributed by atoms with van der Waals surface area (Å²) in [5, 5.41) is 0.556. The third kappa shape index (κ3) is 3.91. The van der Waals surface area contributed by atoms with Crippen LogP contribution in [0.2, 0.25) is 5.02 Å². The lowest BCUT2D eigenvalue weighted by Crippen LogP contribution is -2.02. The van der Waals surface area contributed by atoms with Gasteiger partial charge in [-0.1, -0.05) is 45.7 Å². The number of halogens is 3. The van der Waals surface area contributed by atoms with E-state index in [0.29, 0.717) is 13.0 Å². The highest BCUT2D eigenvalue weighted by Gasteiger charge is 2.16. The topological polar surface area (TPSA) is 9.23 Å². The molecule has 0 fully saturated rings. The van der Waals surface area contributed by atoms with Crippen molar-refractivity contribution in [3.8, 4) is 5.75 Å². The van der Waals surface area contributed by atoms with Crippen LogP contribution in [0.5, 0.6) is 5.75 Å². The van der Waals surface area contributed by atoms with Gasteiger partial charge in [0.05, 0.1) is 12.0 Å². The largest absolute Gasteiger partial charge is 0.494 e. The van der Waals surface area contributed by atoms with Crippen LogP contribution in [0.3, 0.4) is 0 Å². The Hall–Kier alpha value is -0.700. The predicted octanol–water partition coefficient (Wildman–Crippen LogP) is 6.02. The molecule has 0 aliphatic heterocycles. The molecule has 0 radical (unpaired) electrons. The van der Waals surface area contributed by atoms with Gasteiger partial charge in [0.2, 0.25) is 0 Å². The summed E-state index contributed by atoms with van der Waals surface area (Å²) >= 11 is 16.2. The Kier molecular flexibility index (Phi) is 5.76. The number of rotatable bonds is 5. The molecule has 0 amide bonds. The van der Waals surface area contributed by atoms with Crippen LogP contribution in [-0.2, 0) is 6.42 Å². The molecule has 1 unspecified atom stereocenters. The summed E-state index contributed by atoms with van der Waals surface area (Å²) in [5.41, 5.74) is 2.01. The Morgan fingerprint density at radius 1 is 1.20 bits per heavy atom. The van der Waals surface area contributed by atoms with Gasteiger partial charge in [0.1, 0.15) is 5.75 Å². The quantitative estimate of drug-likeness (QED) is 0.582. The fourth-order valence-corrected chi connectivity index (χ4v) is 2.95. The first kappa shape index (κ1) is 15.7. The first-order chi connectivity index (χ1) is 9.61. The van der Waals surface area contributed by atoms with Crippen molar-refractivity contribution in [3.05, 3.63) is 63.1 Å². The fourth-order valence-electron chi connectivity index (χ4n) is 2.02. The highest BCUT2D eigenvalue weighted by atomic mass is 79.9. The second-order valence-corrected chi connectivity index (χ2v) is 6.23. The molecule has 0 aliphatic rings. The molecular weight excluding hydrogens is 359 g/mol. The molecule has 1 atom stereocenters. The van der Waals surface area contributed by atoms with E-state index in [1.807, 2.05) is 49.4 Å². The summed E-state index contributed by atoms with van der Waals surface area (Å²) in [5.74, 6) is 0.822. The summed E-state index contributed by atoms with van der Waals surface area (Å²) < 4.78 is 6.63. The van der Waals surface area contributed by atoms with E-state index in [0.717, 1.165) is 26.4 Å². The first-order valence-electron chi connectivity index (χ1n) is 6.41. The van der Waals surface area contributed by atoms with Crippen LogP contribution in [0.15, 0.2) is 46.9 Å². The van der Waals surface area contributed by atoms with Crippen LogP contribution in [-0.4, -0.2) is 6.61 Å². The SMILES string of the molecule is CCOc1ccc(Br)cc1C(Cl)Cc1ccccc1Cl. The summed E-state index contributed by atoms with van der Waals surface area (Å²) in [7, 11) is 0. The van der Waals surface area contributed by atoms with E-state index in [1.54, 1.807) is 0 Å². The Balaban J connectivity index is 2.26. The van der Waals surface area contributed by atoms with Gasteiger partial charge >= 0.3 is 0 Å². The van der Waals surface area contributed by atoms with Crippen molar-refractivity contribution in [2.75, 3.05) is 6.61 Å². The summed E-state index contributed by atoms with van der Waals surface area (Å²) in [6, 6.07) is 13.6. The van der Waals surface area contributed by atoms with E-state index >= 15 is 0 Å². The Morgan fingerprint density at radius 2 is 1.95 bits per heavy atom. The average molecular weight is 374 g/mol. The van der Waals surface area contributed by atoms with Gasteiger partial charge in [0.25, 0.3) is 0 Å². The third-order valence-electron chi connectivity index (χ3n) is 2.97. The molecule has 0 aliphatic carbocycles. The zero-order valence-corrected chi connectivity index (χ0v) is 14.2. The molecule has 2 rings (SSSR count). The smallest absolute Gasteiger partial charge is 0.124 e. The Morgan fingerprint density at radius 3 is 2.65 bits per heavy atom.